The molecular formula is C37H42N4O5. The number of hydrogen-bond donors (Lipinski definition) is 2. The van der Waals surface area contributed by atoms with Crippen LogP contribution in [-0.4, -0.2) is 60.8 Å². The molecule has 2 aliphatic rings. The topological polar surface area (TPSA) is 118 Å². The summed E-state index contributed by atoms with van der Waals surface area (Å²) in [6.45, 7) is 10.5. The first-order chi connectivity index (χ1) is 21.8. The molecule has 46 heavy (non-hydrogen) atoms. The summed E-state index contributed by atoms with van der Waals surface area (Å²) in [6.07, 6.45) is 9.73. The molecule has 0 spiro atoms. The number of rotatable bonds is 10. The van der Waals surface area contributed by atoms with E-state index in [2.05, 4.69) is 68.9 Å². The molecule has 9 heteroatoms. The van der Waals surface area contributed by atoms with Crippen molar-refractivity contribution < 1.29 is 23.8 Å². The van der Waals surface area contributed by atoms with E-state index in [1.807, 2.05) is 24.4 Å². The van der Waals surface area contributed by atoms with Gasteiger partial charge in [0.1, 0.15) is 5.57 Å². The fraction of sp³-hybridized carbons (Fsp3) is 0.351. The monoisotopic (exact) mass is 622 g/mol. The summed E-state index contributed by atoms with van der Waals surface area (Å²) in [5.74, 6) is -1.17. The average molecular weight is 623 g/mol. The summed E-state index contributed by atoms with van der Waals surface area (Å²) in [6, 6.07) is 12.2. The van der Waals surface area contributed by atoms with Gasteiger partial charge in [-0.05, 0) is 42.8 Å². The molecule has 0 aliphatic carbocycles. The lowest BCUT2D eigenvalue weighted by molar-refractivity contribution is -0.135. The highest BCUT2D eigenvalue weighted by atomic mass is 16.7. The van der Waals surface area contributed by atoms with E-state index in [4.69, 9.17) is 24.2 Å². The number of allylic oxidation sites excluding steroid dienone is 3. The van der Waals surface area contributed by atoms with Crippen LogP contribution in [0, 0.1) is 17.8 Å². The number of aromatic amines is 2. The summed E-state index contributed by atoms with van der Waals surface area (Å²) in [5, 5.41) is 0. The van der Waals surface area contributed by atoms with Crippen LogP contribution in [0.15, 0.2) is 81.8 Å². The molecule has 9 nitrogen and oxygen atoms in total. The first kappa shape index (κ1) is 32.8. The van der Waals surface area contributed by atoms with Crippen LogP contribution in [0.25, 0.3) is 23.3 Å². The van der Waals surface area contributed by atoms with E-state index in [0.29, 0.717) is 29.8 Å². The van der Waals surface area contributed by atoms with Gasteiger partial charge in [0.05, 0.1) is 12.8 Å². The van der Waals surface area contributed by atoms with Crippen LogP contribution in [0.2, 0.25) is 0 Å². The number of ether oxygens (including phenoxy) is 3. The summed E-state index contributed by atoms with van der Waals surface area (Å²) in [4.78, 5) is 42.8. The van der Waals surface area contributed by atoms with Crippen LogP contribution in [0.5, 0.6) is 0 Å². The third-order valence-electron chi connectivity index (χ3n) is 8.50. The normalized spacial score (nSPS) is 19.2. The quantitative estimate of drug-likeness (QED) is 0.0613. The van der Waals surface area contributed by atoms with Crippen molar-refractivity contribution in [3.63, 3.8) is 0 Å². The van der Waals surface area contributed by atoms with Crippen molar-refractivity contribution in [3.05, 3.63) is 94.3 Å². The third kappa shape index (κ3) is 6.80. The van der Waals surface area contributed by atoms with Crippen LogP contribution in [0.3, 0.4) is 0 Å². The number of aromatic nitrogens is 2. The predicted molar refractivity (Wildman–Crippen MR) is 182 cm³/mol. The van der Waals surface area contributed by atoms with Gasteiger partial charge in [-0.2, -0.15) is 0 Å². The Balaban J connectivity index is 1.43. The first-order valence-electron chi connectivity index (χ1n) is 15.3. The third-order valence-corrected chi connectivity index (χ3v) is 8.50. The van der Waals surface area contributed by atoms with Gasteiger partial charge in [-0.25, -0.2) is 4.79 Å². The molecule has 2 N–H and O–H groups in total. The van der Waals surface area contributed by atoms with Crippen LogP contribution in [0.1, 0.15) is 67.8 Å². The van der Waals surface area contributed by atoms with E-state index < -0.39 is 18.0 Å². The van der Waals surface area contributed by atoms with Gasteiger partial charge in [-0.1, -0.05) is 57.5 Å². The SMILES string of the molecule is COC(=O)/C(=C\C1=NC(=C\c2[nH]ccc2-c2ccc(C)cc2)/C(C)(C)C1)C(=O)c1c[nH]c(/C=C2\N=C(C(OC)OC)CC2(C)C)c1. The first-order valence-corrected chi connectivity index (χ1v) is 15.3. The Morgan fingerprint density at radius 1 is 0.891 bits per heavy atom. The second kappa shape index (κ2) is 13.0. The molecule has 0 fully saturated rings. The molecule has 0 amide bonds. The molecule has 4 heterocycles. The molecule has 3 aromatic rings. The van der Waals surface area contributed by atoms with E-state index in [1.165, 1.54) is 12.7 Å². The lowest BCUT2D eigenvalue weighted by atomic mass is 9.85. The molecular weight excluding hydrogens is 580 g/mol. The number of carbonyl (C=O) groups excluding carboxylic acids is 2. The minimum Gasteiger partial charge on any atom is -0.465 e. The highest BCUT2D eigenvalue weighted by Gasteiger charge is 2.36. The standard InChI is InChI=1S/C37H42N4O5/c1-22-9-11-23(12-10-22)27-13-14-38-29(27)18-32-36(2,3)19-26(40-32)16-28(34(43)44-6)33(42)24-15-25(39-21-24)17-31-37(4,5)20-30(41-31)35(45-7)46-8/h9-18,21,35,38-39H,19-20H2,1-8H3/b28-16-,31-17-,32-18-. The summed E-state index contributed by atoms with van der Waals surface area (Å²) in [5.41, 5.74) is 7.81. The number of H-pyrrole nitrogens is 2. The summed E-state index contributed by atoms with van der Waals surface area (Å²) >= 11 is 0. The number of carbonyl (C=O) groups is 2. The van der Waals surface area contributed by atoms with Crippen LogP contribution >= 0.6 is 0 Å². The highest BCUT2D eigenvalue weighted by Crippen LogP contribution is 2.41. The van der Waals surface area contributed by atoms with Crippen LogP contribution in [-0.2, 0) is 19.0 Å². The van der Waals surface area contributed by atoms with Gasteiger partial charge < -0.3 is 24.2 Å². The molecule has 240 valence electrons. The minimum atomic E-state index is -0.716. The maximum atomic E-state index is 13.7. The lowest BCUT2D eigenvalue weighted by Crippen LogP contribution is -2.25. The van der Waals surface area contributed by atoms with Gasteiger partial charge in [0.25, 0.3) is 0 Å². The maximum absolute atomic E-state index is 13.7. The zero-order chi connectivity index (χ0) is 33.2. The van der Waals surface area contributed by atoms with Crippen molar-refractivity contribution in [1.29, 1.82) is 0 Å². The Morgan fingerprint density at radius 2 is 1.57 bits per heavy atom. The molecule has 1 aromatic carbocycles. The van der Waals surface area contributed by atoms with Gasteiger partial charge in [0.2, 0.25) is 5.78 Å². The Labute approximate surface area is 270 Å². The molecule has 2 aliphatic heterocycles. The second-order valence-corrected chi connectivity index (χ2v) is 13.1. The fourth-order valence-electron chi connectivity index (χ4n) is 5.87. The molecule has 0 saturated carbocycles. The fourth-order valence-corrected chi connectivity index (χ4v) is 5.87. The van der Waals surface area contributed by atoms with Crippen molar-refractivity contribution in [3.8, 4) is 11.1 Å². The van der Waals surface area contributed by atoms with E-state index >= 15 is 0 Å². The molecule has 5 rings (SSSR count). The minimum absolute atomic E-state index is 0.0822. The molecule has 0 saturated heterocycles. The lowest BCUT2D eigenvalue weighted by Gasteiger charge is -2.19. The highest BCUT2D eigenvalue weighted by molar-refractivity contribution is 6.27. The number of methoxy groups -OCH3 is 3. The number of benzene rings is 1. The Kier molecular flexibility index (Phi) is 9.28. The summed E-state index contributed by atoms with van der Waals surface area (Å²) < 4.78 is 15.8. The largest absolute Gasteiger partial charge is 0.465 e. The zero-order valence-electron chi connectivity index (χ0n) is 27.8. The Morgan fingerprint density at radius 3 is 2.24 bits per heavy atom. The van der Waals surface area contributed by atoms with Crippen molar-refractivity contribution in [1.82, 2.24) is 9.97 Å². The number of nitrogens with one attached hydrogen (secondary N) is 2. The number of nitrogens with zero attached hydrogens (tertiary/aromatic N) is 2. The smallest absolute Gasteiger partial charge is 0.341 e. The van der Waals surface area contributed by atoms with E-state index in [-0.39, 0.29) is 16.4 Å². The van der Waals surface area contributed by atoms with Crippen molar-refractivity contribution in [2.24, 2.45) is 20.8 Å². The second-order valence-electron chi connectivity index (χ2n) is 13.1. The molecule has 0 bridgehead atoms. The van der Waals surface area contributed by atoms with Gasteiger partial charge >= 0.3 is 5.97 Å². The Hall–Kier alpha value is -4.60. The molecule has 0 atom stereocenters. The van der Waals surface area contributed by atoms with E-state index in [1.54, 1.807) is 32.6 Å². The number of Topliss-reactive ketones (excluding diaryl/α,β-unsaturated/α-hetero) is 1. The van der Waals surface area contributed by atoms with E-state index in [0.717, 1.165) is 33.9 Å². The van der Waals surface area contributed by atoms with Gasteiger partial charge in [0, 0.05) is 89.9 Å². The van der Waals surface area contributed by atoms with Gasteiger partial charge in [-0.15, -0.1) is 0 Å². The molecule has 0 unspecified atom stereocenters. The van der Waals surface area contributed by atoms with Crippen LogP contribution < -0.4 is 0 Å². The van der Waals surface area contributed by atoms with Crippen molar-refractivity contribution in [2.75, 3.05) is 21.3 Å². The van der Waals surface area contributed by atoms with Gasteiger partial charge in [0.15, 0.2) is 6.29 Å². The average Bonchev–Trinajstić information content (AvgIpc) is 3.79. The zero-order valence-corrected chi connectivity index (χ0v) is 27.8. The number of esters is 1. The number of aryl methyl sites for hydroxylation is 1. The Bertz CT molecular complexity index is 1790. The number of ketones is 1. The van der Waals surface area contributed by atoms with Gasteiger partial charge in [-0.3, -0.25) is 14.8 Å². The maximum Gasteiger partial charge on any atom is 0.341 e. The molecule has 0 radical (unpaired) electrons. The number of aliphatic imine (C=N–C) groups is 2. The van der Waals surface area contributed by atoms with Crippen LogP contribution in [0.4, 0.5) is 0 Å². The van der Waals surface area contributed by atoms with Crippen molar-refractivity contribution >= 4 is 35.3 Å². The summed E-state index contributed by atoms with van der Waals surface area (Å²) in [7, 11) is 4.44. The van der Waals surface area contributed by atoms with Crippen molar-refractivity contribution in [2.45, 2.75) is 53.8 Å². The van der Waals surface area contributed by atoms with E-state index in [9.17, 15) is 9.59 Å². The molecule has 2 aromatic heterocycles. The number of hydrogen-bond acceptors (Lipinski definition) is 7. The predicted octanol–water partition coefficient (Wildman–Crippen LogP) is 7.34.